The van der Waals surface area contributed by atoms with Gasteiger partial charge in [-0.2, -0.15) is 5.10 Å². The molecule has 0 radical (unpaired) electrons. The molecule has 9 heteroatoms. The van der Waals surface area contributed by atoms with Gasteiger partial charge in [0, 0.05) is 29.5 Å². The predicted molar refractivity (Wildman–Crippen MR) is 121 cm³/mol. The molecule has 1 atom stereocenters. The van der Waals surface area contributed by atoms with Crippen LogP contribution in [0.5, 0.6) is 0 Å². The lowest BCUT2D eigenvalue weighted by Gasteiger charge is -2.26. The third-order valence-corrected chi connectivity index (χ3v) is 6.03. The Labute approximate surface area is 192 Å². The molecule has 1 unspecified atom stereocenters. The van der Waals surface area contributed by atoms with Crippen molar-refractivity contribution in [1.29, 1.82) is 0 Å². The van der Waals surface area contributed by atoms with E-state index < -0.39 is 17.7 Å². The number of halogens is 2. The van der Waals surface area contributed by atoms with E-state index in [-0.39, 0.29) is 18.6 Å². The first-order valence-corrected chi connectivity index (χ1v) is 11.2. The first-order valence-electron chi connectivity index (χ1n) is 10.4. The quantitative estimate of drug-likeness (QED) is 0.499. The number of carbonyl (C=O) groups excluding carboxylic acids is 1. The van der Waals surface area contributed by atoms with Crippen LogP contribution in [0.2, 0.25) is 0 Å². The molecule has 4 rings (SSSR count). The van der Waals surface area contributed by atoms with E-state index in [0.29, 0.717) is 46.3 Å². The summed E-state index contributed by atoms with van der Waals surface area (Å²) < 4.78 is 26.1. The van der Waals surface area contributed by atoms with Gasteiger partial charge < -0.3 is 9.47 Å². The van der Waals surface area contributed by atoms with Crippen LogP contribution in [0.3, 0.4) is 0 Å². The highest BCUT2D eigenvalue weighted by Gasteiger charge is 2.28. The fourth-order valence-electron chi connectivity index (χ4n) is 3.80. The van der Waals surface area contributed by atoms with Crippen LogP contribution in [0.15, 0.2) is 51.7 Å². The zero-order chi connectivity index (χ0) is 22.5. The second-order valence-electron chi connectivity index (χ2n) is 7.60. The summed E-state index contributed by atoms with van der Waals surface area (Å²) in [4.78, 5) is 27.5. The molecule has 1 aromatic heterocycles. The number of fused-ring (bicyclic) bond motifs is 1. The van der Waals surface area contributed by atoms with Crippen LogP contribution >= 0.6 is 15.9 Å². The van der Waals surface area contributed by atoms with Crippen LogP contribution in [-0.2, 0) is 20.7 Å². The molecular formula is C23H23BrFN3O4. The maximum atomic E-state index is 14.6. The number of H-pyrrole nitrogens is 1. The molecule has 1 aliphatic heterocycles. The minimum Gasteiger partial charge on any atom is -0.464 e. The second-order valence-corrected chi connectivity index (χ2v) is 8.51. The van der Waals surface area contributed by atoms with Crippen LogP contribution in [-0.4, -0.2) is 60.5 Å². The molecule has 168 valence electrons. The molecule has 0 bridgehead atoms. The van der Waals surface area contributed by atoms with Crippen LogP contribution < -0.4 is 5.56 Å². The highest BCUT2D eigenvalue weighted by Crippen LogP contribution is 2.28. The Balaban J connectivity index is 1.61. The lowest BCUT2D eigenvalue weighted by molar-refractivity contribution is -0.146. The summed E-state index contributed by atoms with van der Waals surface area (Å²) in [6, 6.07) is 11.6. The normalized spacial score (nSPS) is 15.6. The Morgan fingerprint density at radius 2 is 1.97 bits per heavy atom. The number of benzene rings is 2. The Morgan fingerprint density at radius 3 is 2.72 bits per heavy atom. The molecule has 0 spiro atoms. The summed E-state index contributed by atoms with van der Waals surface area (Å²) >= 11 is 3.25. The van der Waals surface area contributed by atoms with Crippen molar-refractivity contribution in [2.75, 3.05) is 39.5 Å². The molecule has 0 amide bonds. The molecule has 7 nitrogen and oxygen atoms in total. The lowest BCUT2D eigenvalue weighted by atomic mass is 9.93. The van der Waals surface area contributed by atoms with E-state index in [0.717, 1.165) is 13.1 Å². The van der Waals surface area contributed by atoms with Gasteiger partial charge in [-0.25, -0.2) is 9.49 Å². The molecule has 0 saturated carbocycles. The fraction of sp³-hybridized carbons (Fsp3) is 0.348. The number of aromatic nitrogens is 2. The van der Waals surface area contributed by atoms with E-state index >= 15 is 0 Å². The van der Waals surface area contributed by atoms with Gasteiger partial charge in [-0.15, -0.1) is 0 Å². The number of morpholine rings is 1. The maximum Gasteiger partial charge on any atom is 0.315 e. The predicted octanol–water partition coefficient (Wildman–Crippen LogP) is 3.03. The summed E-state index contributed by atoms with van der Waals surface area (Å²) in [6.07, 6.45) is 0.0541. The number of carbonyl (C=O) groups is 1. The summed E-state index contributed by atoms with van der Waals surface area (Å²) in [5, 5.41) is 7.59. The average molecular weight is 504 g/mol. The SMILES string of the molecule is O=C(OCCN1CCOCC1)C(Cc1ccc(Br)cc1F)c1n[nH]c(=O)c2ccccc12. The molecule has 32 heavy (non-hydrogen) atoms. The summed E-state index contributed by atoms with van der Waals surface area (Å²) in [5.41, 5.74) is 0.373. The molecule has 1 aliphatic rings. The Hall–Kier alpha value is -2.62. The number of esters is 1. The maximum absolute atomic E-state index is 14.6. The van der Waals surface area contributed by atoms with Crippen molar-refractivity contribution >= 4 is 32.7 Å². The zero-order valence-electron chi connectivity index (χ0n) is 17.4. The van der Waals surface area contributed by atoms with Crippen molar-refractivity contribution in [2.24, 2.45) is 0 Å². The molecule has 2 heterocycles. The average Bonchev–Trinajstić information content (AvgIpc) is 2.80. The Bertz CT molecular complexity index is 1160. The minimum atomic E-state index is -0.878. The van der Waals surface area contributed by atoms with E-state index in [1.54, 1.807) is 36.4 Å². The number of rotatable bonds is 7. The van der Waals surface area contributed by atoms with Gasteiger partial charge >= 0.3 is 5.97 Å². The standard InChI is InChI=1S/C23H23BrFN3O4/c24-16-6-5-15(20(25)14-16)13-19(23(30)32-12-9-28-7-10-31-11-8-28)21-17-3-1-2-4-18(17)22(29)27-26-21/h1-6,14,19H,7-13H2,(H,27,29). The van der Waals surface area contributed by atoms with Gasteiger partial charge in [0.05, 0.1) is 24.3 Å². The summed E-state index contributed by atoms with van der Waals surface area (Å²) in [5.74, 6) is -1.82. The topological polar surface area (TPSA) is 84.5 Å². The molecule has 3 aromatic rings. The largest absolute Gasteiger partial charge is 0.464 e. The second kappa shape index (κ2) is 10.3. The first kappa shape index (κ1) is 22.6. The van der Waals surface area contributed by atoms with Crippen LogP contribution in [0, 0.1) is 5.82 Å². The van der Waals surface area contributed by atoms with Crippen molar-refractivity contribution in [1.82, 2.24) is 15.1 Å². The van der Waals surface area contributed by atoms with Gasteiger partial charge in [-0.3, -0.25) is 14.5 Å². The highest BCUT2D eigenvalue weighted by atomic mass is 79.9. The first-order chi connectivity index (χ1) is 15.5. The number of hydrogen-bond acceptors (Lipinski definition) is 6. The fourth-order valence-corrected chi connectivity index (χ4v) is 4.13. The number of nitrogens with zero attached hydrogens (tertiary/aromatic N) is 2. The monoisotopic (exact) mass is 503 g/mol. The zero-order valence-corrected chi connectivity index (χ0v) is 18.9. The number of ether oxygens (including phenoxy) is 2. The van der Waals surface area contributed by atoms with E-state index in [1.165, 1.54) is 6.07 Å². The van der Waals surface area contributed by atoms with Crippen molar-refractivity contribution in [3.8, 4) is 0 Å². The molecule has 2 aromatic carbocycles. The number of aromatic amines is 1. The molecule has 1 N–H and O–H groups in total. The van der Waals surface area contributed by atoms with Crippen LogP contribution in [0.1, 0.15) is 17.2 Å². The van der Waals surface area contributed by atoms with Gasteiger partial charge in [0.1, 0.15) is 18.3 Å². The Kier molecular flexibility index (Phi) is 7.29. The van der Waals surface area contributed by atoms with Crippen molar-refractivity contribution in [2.45, 2.75) is 12.3 Å². The van der Waals surface area contributed by atoms with Gasteiger partial charge in [-0.1, -0.05) is 40.2 Å². The van der Waals surface area contributed by atoms with Crippen molar-refractivity contribution < 1.29 is 18.7 Å². The highest BCUT2D eigenvalue weighted by molar-refractivity contribution is 9.10. The van der Waals surface area contributed by atoms with E-state index in [9.17, 15) is 14.0 Å². The lowest BCUT2D eigenvalue weighted by Crippen LogP contribution is -2.38. The van der Waals surface area contributed by atoms with Crippen molar-refractivity contribution in [3.05, 3.63) is 74.4 Å². The third-order valence-electron chi connectivity index (χ3n) is 5.53. The Morgan fingerprint density at radius 1 is 1.22 bits per heavy atom. The van der Waals surface area contributed by atoms with Crippen LogP contribution in [0.25, 0.3) is 10.8 Å². The van der Waals surface area contributed by atoms with Gasteiger partial charge in [0.15, 0.2) is 0 Å². The smallest absolute Gasteiger partial charge is 0.315 e. The molecule has 1 saturated heterocycles. The number of hydrogen-bond donors (Lipinski definition) is 1. The van der Waals surface area contributed by atoms with Crippen molar-refractivity contribution in [3.63, 3.8) is 0 Å². The van der Waals surface area contributed by atoms with E-state index in [1.807, 2.05) is 0 Å². The summed E-state index contributed by atoms with van der Waals surface area (Å²) in [7, 11) is 0. The van der Waals surface area contributed by atoms with E-state index in [2.05, 4.69) is 31.0 Å². The van der Waals surface area contributed by atoms with Crippen LogP contribution in [0.4, 0.5) is 4.39 Å². The molecule has 0 aliphatic carbocycles. The van der Waals surface area contributed by atoms with Gasteiger partial charge in [0.2, 0.25) is 0 Å². The summed E-state index contributed by atoms with van der Waals surface area (Å²) in [6.45, 7) is 3.70. The number of nitrogens with one attached hydrogen (secondary N) is 1. The molecular weight excluding hydrogens is 481 g/mol. The third kappa shape index (κ3) is 5.23. The molecule has 1 fully saturated rings. The van der Waals surface area contributed by atoms with E-state index in [4.69, 9.17) is 9.47 Å². The van der Waals surface area contributed by atoms with Gasteiger partial charge in [0.25, 0.3) is 5.56 Å². The van der Waals surface area contributed by atoms with Gasteiger partial charge in [-0.05, 0) is 30.2 Å². The minimum absolute atomic E-state index is 0.0541.